The van der Waals surface area contributed by atoms with E-state index in [4.69, 9.17) is 0 Å². The Balaban J connectivity index is 3.33. The van der Waals surface area contributed by atoms with Gasteiger partial charge in [-0.2, -0.15) is 0 Å². The Morgan fingerprint density at radius 1 is 1.30 bits per heavy atom. The lowest BCUT2D eigenvalue weighted by Gasteiger charge is -2.01. The van der Waals surface area contributed by atoms with Crippen LogP contribution in [-0.2, 0) is 0 Å². The van der Waals surface area contributed by atoms with Crippen LogP contribution < -0.4 is 0 Å². The Bertz CT molecular complexity index is 109. The number of hydrogen-bond donors (Lipinski definition) is 0. The van der Waals surface area contributed by atoms with Crippen molar-refractivity contribution < 1.29 is 0 Å². The van der Waals surface area contributed by atoms with E-state index in [2.05, 4.69) is 32.1 Å². The molecule has 10 heavy (non-hydrogen) atoms. The number of allylic oxidation sites excluding steroid dienone is 4. The summed E-state index contributed by atoms with van der Waals surface area (Å²) in [6, 6.07) is 0. The van der Waals surface area contributed by atoms with E-state index < -0.39 is 0 Å². The molecule has 0 aromatic rings. The zero-order valence-electron chi connectivity index (χ0n) is 7.30. The van der Waals surface area contributed by atoms with Gasteiger partial charge in [0.25, 0.3) is 0 Å². The summed E-state index contributed by atoms with van der Waals surface area (Å²) in [6.07, 6.45) is 11.0. The van der Waals surface area contributed by atoms with E-state index >= 15 is 0 Å². The largest absolute Gasteiger partial charge is 0.0877 e. The van der Waals surface area contributed by atoms with E-state index in [0.717, 1.165) is 5.92 Å². The van der Waals surface area contributed by atoms with Crippen molar-refractivity contribution in [3.63, 3.8) is 0 Å². The van der Waals surface area contributed by atoms with Crippen molar-refractivity contribution in [2.75, 3.05) is 0 Å². The summed E-state index contributed by atoms with van der Waals surface area (Å²) in [5.74, 6) is 0.835. The van der Waals surface area contributed by atoms with Crippen molar-refractivity contribution in [1.82, 2.24) is 0 Å². The molecule has 0 amide bonds. The maximum absolute atomic E-state index is 2.28. The molecule has 0 fully saturated rings. The predicted molar refractivity (Wildman–Crippen MR) is 48.0 cm³/mol. The van der Waals surface area contributed by atoms with Crippen LogP contribution in [0.25, 0.3) is 0 Å². The fourth-order valence-corrected chi connectivity index (χ4v) is 0.667. The summed E-state index contributed by atoms with van der Waals surface area (Å²) < 4.78 is 0. The third-order valence-electron chi connectivity index (χ3n) is 1.68. The predicted octanol–water partition coefficient (Wildman–Crippen LogP) is 3.55. The van der Waals surface area contributed by atoms with Gasteiger partial charge in [-0.3, -0.25) is 0 Å². The highest BCUT2D eigenvalue weighted by molar-refractivity contribution is 5.01. The molecule has 1 atom stereocenters. The van der Waals surface area contributed by atoms with Crippen molar-refractivity contribution in [3.05, 3.63) is 24.3 Å². The minimum Gasteiger partial charge on any atom is -0.0877 e. The third-order valence-corrected chi connectivity index (χ3v) is 1.68. The van der Waals surface area contributed by atoms with Gasteiger partial charge < -0.3 is 0 Å². The minimum absolute atomic E-state index is 0.835. The Morgan fingerprint density at radius 2 is 2.00 bits per heavy atom. The first-order chi connectivity index (χ1) is 4.81. The fraction of sp³-hybridized carbons (Fsp3) is 0.600. The number of rotatable bonds is 4. The molecule has 0 heterocycles. The smallest absolute Gasteiger partial charge is 0.0322 e. The molecule has 0 bridgehead atoms. The molecule has 0 saturated carbocycles. The fourth-order valence-electron chi connectivity index (χ4n) is 0.667. The molecule has 0 rings (SSSR count). The van der Waals surface area contributed by atoms with Crippen LogP contribution in [0.2, 0.25) is 0 Å². The molecule has 0 spiro atoms. The average Bonchev–Trinajstić information content (AvgIpc) is 1.98. The van der Waals surface area contributed by atoms with E-state index in [1.54, 1.807) is 0 Å². The van der Waals surface area contributed by atoms with Crippen molar-refractivity contribution in [2.45, 2.75) is 33.6 Å². The van der Waals surface area contributed by atoms with Crippen molar-refractivity contribution in [3.8, 4) is 0 Å². The molecule has 0 heteroatoms. The van der Waals surface area contributed by atoms with Gasteiger partial charge in [0.1, 0.15) is 0 Å². The molecule has 0 N–H and O–H groups in total. The Morgan fingerprint density at radius 3 is 2.50 bits per heavy atom. The second kappa shape index (κ2) is 6.60. The Kier molecular flexibility index (Phi) is 6.25. The van der Waals surface area contributed by atoms with Crippen LogP contribution in [0, 0.1) is 5.92 Å². The van der Waals surface area contributed by atoms with Crippen LogP contribution in [0.15, 0.2) is 24.3 Å². The molecule has 0 saturated heterocycles. The average molecular weight is 138 g/mol. The summed E-state index contributed by atoms with van der Waals surface area (Å²) in [5, 5.41) is 0. The lowest BCUT2D eigenvalue weighted by atomic mass is 10.1. The van der Waals surface area contributed by atoms with E-state index in [-0.39, 0.29) is 0 Å². The van der Waals surface area contributed by atoms with E-state index in [1.165, 1.54) is 12.8 Å². The quantitative estimate of drug-likeness (QED) is 0.521. The van der Waals surface area contributed by atoms with Crippen LogP contribution in [0.4, 0.5) is 0 Å². The van der Waals surface area contributed by atoms with E-state index in [0.29, 0.717) is 0 Å². The van der Waals surface area contributed by atoms with Gasteiger partial charge >= 0.3 is 0 Å². The van der Waals surface area contributed by atoms with Gasteiger partial charge in [0.2, 0.25) is 0 Å². The normalized spacial score (nSPS) is 15.1. The zero-order chi connectivity index (χ0) is 7.82. The molecule has 0 nitrogen and oxygen atoms in total. The highest BCUT2D eigenvalue weighted by Gasteiger charge is 1.91. The highest BCUT2D eigenvalue weighted by Crippen LogP contribution is 2.06. The molecular formula is C10H18. The standard InChI is InChI=1S/C10H18/c1-4-6-7-8-9-10(3)5-2/h4,6-8,10H,5,9H2,1-3H3/b6-4-,8-7-. The van der Waals surface area contributed by atoms with Gasteiger partial charge in [0.15, 0.2) is 0 Å². The van der Waals surface area contributed by atoms with Crippen LogP contribution in [0.1, 0.15) is 33.6 Å². The first-order valence-corrected chi connectivity index (χ1v) is 4.09. The maximum Gasteiger partial charge on any atom is -0.0322 e. The van der Waals surface area contributed by atoms with Crippen LogP contribution in [0.3, 0.4) is 0 Å². The number of hydrogen-bond acceptors (Lipinski definition) is 0. The van der Waals surface area contributed by atoms with Gasteiger partial charge in [-0.1, -0.05) is 44.6 Å². The molecule has 0 aliphatic rings. The van der Waals surface area contributed by atoms with E-state index in [1.807, 2.05) is 13.0 Å². The van der Waals surface area contributed by atoms with Crippen molar-refractivity contribution in [1.29, 1.82) is 0 Å². The first kappa shape index (κ1) is 9.48. The van der Waals surface area contributed by atoms with Crippen LogP contribution >= 0.6 is 0 Å². The van der Waals surface area contributed by atoms with Gasteiger partial charge in [-0.15, -0.1) is 0 Å². The summed E-state index contributed by atoms with van der Waals surface area (Å²) >= 11 is 0. The molecule has 0 aromatic heterocycles. The topological polar surface area (TPSA) is 0 Å². The molecule has 0 aliphatic carbocycles. The van der Waals surface area contributed by atoms with Gasteiger partial charge in [-0.25, -0.2) is 0 Å². The Labute approximate surface area is 64.6 Å². The van der Waals surface area contributed by atoms with Gasteiger partial charge in [0, 0.05) is 0 Å². The maximum atomic E-state index is 2.28. The second-order valence-corrected chi connectivity index (χ2v) is 2.70. The van der Waals surface area contributed by atoms with Crippen LogP contribution in [-0.4, -0.2) is 0 Å². The minimum atomic E-state index is 0.835. The van der Waals surface area contributed by atoms with Crippen molar-refractivity contribution >= 4 is 0 Å². The lowest BCUT2D eigenvalue weighted by Crippen LogP contribution is -1.87. The SMILES string of the molecule is C/C=C\C=C/CC(C)CC. The summed E-state index contributed by atoms with van der Waals surface area (Å²) in [4.78, 5) is 0. The van der Waals surface area contributed by atoms with Gasteiger partial charge in [-0.05, 0) is 19.3 Å². The molecule has 58 valence electrons. The summed E-state index contributed by atoms with van der Waals surface area (Å²) in [6.45, 7) is 6.54. The monoisotopic (exact) mass is 138 g/mol. The van der Waals surface area contributed by atoms with Crippen molar-refractivity contribution in [2.24, 2.45) is 5.92 Å². The van der Waals surface area contributed by atoms with Gasteiger partial charge in [0.05, 0.1) is 0 Å². The zero-order valence-corrected chi connectivity index (χ0v) is 7.30. The molecular weight excluding hydrogens is 120 g/mol. The molecule has 1 unspecified atom stereocenters. The Hall–Kier alpha value is -0.520. The second-order valence-electron chi connectivity index (χ2n) is 2.70. The molecule has 0 aliphatic heterocycles. The summed E-state index contributed by atoms with van der Waals surface area (Å²) in [7, 11) is 0. The van der Waals surface area contributed by atoms with E-state index in [9.17, 15) is 0 Å². The highest BCUT2D eigenvalue weighted by atomic mass is 14.0. The third kappa shape index (κ3) is 5.61. The first-order valence-electron chi connectivity index (χ1n) is 4.09. The molecule has 0 aromatic carbocycles. The van der Waals surface area contributed by atoms with Crippen LogP contribution in [0.5, 0.6) is 0 Å². The lowest BCUT2D eigenvalue weighted by molar-refractivity contribution is 0.572. The molecule has 0 radical (unpaired) electrons. The summed E-state index contributed by atoms with van der Waals surface area (Å²) in [5.41, 5.74) is 0.